The number of aliphatic hydroxyl groups is 1. The lowest BCUT2D eigenvalue weighted by atomic mass is 9.84. The van der Waals surface area contributed by atoms with Crippen LogP contribution in [0.2, 0.25) is 0 Å². The van der Waals surface area contributed by atoms with Gasteiger partial charge >= 0.3 is 0 Å². The van der Waals surface area contributed by atoms with Crippen LogP contribution < -0.4 is 5.32 Å². The van der Waals surface area contributed by atoms with Gasteiger partial charge in [0.15, 0.2) is 0 Å². The Labute approximate surface area is 82.7 Å². The Hall–Kier alpha value is -0.0800. The fourth-order valence-corrected chi connectivity index (χ4v) is 2.24. The molecule has 0 aromatic rings. The van der Waals surface area contributed by atoms with Crippen molar-refractivity contribution in [3.05, 3.63) is 0 Å². The van der Waals surface area contributed by atoms with Crippen LogP contribution in [-0.2, 0) is 0 Å². The third-order valence-corrected chi connectivity index (χ3v) is 2.64. The van der Waals surface area contributed by atoms with Crippen LogP contribution in [-0.4, -0.2) is 17.4 Å². The molecule has 13 heavy (non-hydrogen) atoms. The van der Waals surface area contributed by atoms with E-state index in [1.54, 1.807) is 0 Å². The molecule has 0 radical (unpaired) electrons. The van der Waals surface area contributed by atoms with Crippen LogP contribution in [0.15, 0.2) is 0 Å². The second-order valence-electron chi connectivity index (χ2n) is 3.87. The van der Waals surface area contributed by atoms with E-state index in [2.05, 4.69) is 26.1 Å². The Morgan fingerprint density at radius 3 is 1.54 bits per heavy atom. The molecule has 0 amide bonds. The van der Waals surface area contributed by atoms with Gasteiger partial charge in [0.05, 0.1) is 6.73 Å². The molecule has 80 valence electrons. The first-order valence-corrected chi connectivity index (χ1v) is 5.60. The average molecular weight is 187 g/mol. The van der Waals surface area contributed by atoms with Gasteiger partial charge in [-0.1, -0.05) is 40.0 Å². The van der Waals surface area contributed by atoms with Gasteiger partial charge < -0.3 is 5.11 Å². The van der Waals surface area contributed by atoms with Gasteiger partial charge in [-0.15, -0.1) is 0 Å². The molecule has 0 aromatic carbocycles. The Bertz CT molecular complexity index is 85.1. The van der Waals surface area contributed by atoms with Crippen LogP contribution in [0, 0.1) is 0 Å². The standard InChI is InChI=1S/C11H25NO/c1-4-7-11(8-5-2,9-6-3)12-10-13/h12-13H,4-10H2,1-3H3. The van der Waals surface area contributed by atoms with Gasteiger partial charge in [-0.2, -0.15) is 0 Å². The van der Waals surface area contributed by atoms with Crippen molar-refractivity contribution in [2.45, 2.75) is 64.8 Å². The van der Waals surface area contributed by atoms with Crippen LogP contribution in [0.3, 0.4) is 0 Å². The van der Waals surface area contributed by atoms with Gasteiger partial charge in [-0.25, -0.2) is 0 Å². The third kappa shape index (κ3) is 4.63. The SMILES string of the molecule is CCCC(CCC)(CCC)NCO. The zero-order valence-corrected chi connectivity index (χ0v) is 9.40. The van der Waals surface area contributed by atoms with Gasteiger partial charge in [-0.3, -0.25) is 5.32 Å². The molecule has 0 aliphatic rings. The first-order valence-electron chi connectivity index (χ1n) is 5.60. The van der Waals surface area contributed by atoms with Gasteiger partial charge in [0, 0.05) is 5.54 Å². The highest BCUT2D eigenvalue weighted by Gasteiger charge is 2.25. The minimum absolute atomic E-state index is 0.111. The van der Waals surface area contributed by atoms with Crippen molar-refractivity contribution in [3.63, 3.8) is 0 Å². The topological polar surface area (TPSA) is 32.3 Å². The van der Waals surface area contributed by atoms with E-state index in [-0.39, 0.29) is 12.3 Å². The Kier molecular flexibility index (Phi) is 7.29. The Morgan fingerprint density at radius 2 is 1.31 bits per heavy atom. The molecule has 2 heteroatoms. The first-order chi connectivity index (χ1) is 6.24. The second kappa shape index (κ2) is 7.34. The summed E-state index contributed by atoms with van der Waals surface area (Å²) >= 11 is 0. The molecule has 0 heterocycles. The summed E-state index contributed by atoms with van der Waals surface area (Å²) in [5.74, 6) is 0. The monoisotopic (exact) mass is 187 g/mol. The van der Waals surface area contributed by atoms with Crippen LogP contribution in [0.1, 0.15) is 59.3 Å². The van der Waals surface area contributed by atoms with Crippen LogP contribution in [0.25, 0.3) is 0 Å². The summed E-state index contributed by atoms with van der Waals surface area (Å²) in [6, 6.07) is 0. The molecule has 0 fully saturated rings. The van der Waals surface area contributed by atoms with E-state index in [0.717, 1.165) is 0 Å². The number of hydrogen-bond donors (Lipinski definition) is 2. The van der Waals surface area contributed by atoms with Gasteiger partial charge in [0.2, 0.25) is 0 Å². The minimum atomic E-state index is 0.111. The highest BCUT2D eigenvalue weighted by Crippen LogP contribution is 2.24. The van der Waals surface area contributed by atoms with E-state index < -0.39 is 0 Å². The van der Waals surface area contributed by atoms with Crippen molar-refractivity contribution in [3.8, 4) is 0 Å². The van der Waals surface area contributed by atoms with Crippen molar-refractivity contribution in [2.75, 3.05) is 6.73 Å². The van der Waals surface area contributed by atoms with E-state index in [1.165, 1.54) is 38.5 Å². The molecule has 0 aliphatic heterocycles. The molecule has 0 aromatic heterocycles. The Morgan fingerprint density at radius 1 is 0.923 bits per heavy atom. The maximum absolute atomic E-state index is 8.97. The maximum Gasteiger partial charge on any atom is 0.0935 e. The first kappa shape index (κ1) is 12.9. The summed E-state index contributed by atoms with van der Waals surface area (Å²) in [5.41, 5.74) is 0.201. The summed E-state index contributed by atoms with van der Waals surface area (Å²) in [6.45, 7) is 6.73. The van der Waals surface area contributed by atoms with E-state index in [4.69, 9.17) is 5.11 Å². The lowest BCUT2D eigenvalue weighted by Gasteiger charge is -2.34. The number of nitrogens with one attached hydrogen (secondary N) is 1. The van der Waals surface area contributed by atoms with Crippen LogP contribution in [0.4, 0.5) is 0 Å². The molecular formula is C11H25NO. The van der Waals surface area contributed by atoms with E-state index in [9.17, 15) is 0 Å². The van der Waals surface area contributed by atoms with Crippen molar-refractivity contribution in [2.24, 2.45) is 0 Å². The van der Waals surface area contributed by atoms with E-state index in [1.807, 2.05) is 0 Å². The summed E-state index contributed by atoms with van der Waals surface area (Å²) in [5, 5.41) is 12.2. The summed E-state index contributed by atoms with van der Waals surface area (Å²) in [4.78, 5) is 0. The molecule has 0 unspecified atom stereocenters. The molecule has 0 aliphatic carbocycles. The molecular weight excluding hydrogens is 162 g/mol. The molecule has 0 bridgehead atoms. The average Bonchev–Trinajstić information content (AvgIpc) is 2.06. The molecule has 0 saturated heterocycles. The van der Waals surface area contributed by atoms with Crippen LogP contribution in [0.5, 0.6) is 0 Å². The van der Waals surface area contributed by atoms with E-state index in [0.29, 0.717) is 0 Å². The summed E-state index contributed by atoms with van der Waals surface area (Å²) in [6.07, 6.45) is 7.09. The highest BCUT2D eigenvalue weighted by atomic mass is 16.3. The second-order valence-corrected chi connectivity index (χ2v) is 3.87. The van der Waals surface area contributed by atoms with E-state index >= 15 is 0 Å². The lowest BCUT2D eigenvalue weighted by Crippen LogP contribution is -2.45. The van der Waals surface area contributed by atoms with Crippen molar-refractivity contribution in [1.29, 1.82) is 0 Å². The number of rotatable bonds is 8. The molecule has 0 spiro atoms. The van der Waals surface area contributed by atoms with Crippen molar-refractivity contribution in [1.82, 2.24) is 5.32 Å². The maximum atomic E-state index is 8.97. The van der Waals surface area contributed by atoms with Gasteiger partial charge in [-0.05, 0) is 19.3 Å². The Balaban J connectivity index is 4.19. The molecule has 0 saturated carbocycles. The smallest absolute Gasteiger partial charge is 0.0935 e. The fourth-order valence-electron chi connectivity index (χ4n) is 2.24. The third-order valence-electron chi connectivity index (χ3n) is 2.64. The summed E-state index contributed by atoms with van der Waals surface area (Å²) < 4.78 is 0. The number of hydrogen-bond acceptors (Lipinski definition) is 2. The quantitative estimate of drug-likeness (QED) is 0.573. The number of aliphatic hydroxyl groups excluding tert-OH is 1. The minimum Gasteiger partial charge on any atom is -0.381 e. The zero-order chi connectivity index (χ0) is 10.2. The summed E-state index contributed by atoms with van der Waals surface area (Å²) in [7, 11) is 0. The predicted molar refractivity (Wildman–Crippen MR) is 57.7 cm³/mol. The molecule has 2 nitrogen and oxygen atoms in total. The van der Waals surface area contributed by atoms with Crippen molar-refractivity contribution < 1.29 is 5.11 Å². The van der Waals surface area contributed by atoms with Gasteiger partial charge in [0.1, 0.15) is 0 Å². The molecule has 2 N–H and O–H groups in total. The molecule has 0 atom stereocenters. The lowest BCUT2D eigenvalue weighted by molar-refractivity contribution is 0.163. The largest absolute Gasteiger partial charge is 0.381 e. The van der Waals surface area contributed by atoms with Crippen molar-refractivity contribution >= 4 is 0 Å². The van der Waals surface area contributed by atoms with Crippen LogP contribution >= 0.6 is 0 Å². The normalized spacial score (nSPS) is 12.0. The van der Waals surface area contributed by atoms with Gasteiger partial charge in [0.25, 0.3) is 0 Å². The highest BCUT2D eigenvalue weighted by molar-refractivity contribution is 4.85. The molecule has 0 rings (SSSR count). The zero-order valence-electron chi connectivity index (χ0n) is 9.40. The predicted octanol–water partition coefficient (Wildman–Crippen LogP) is 2.66. The fraction of sp³-hybridized carbons (Fsp3) is 1.00.